The molecule has 0 bridgehead atoms. The number of nitrogens with zero attached hydrogens (tertiary/aromatic N) is 3. The first-order valence-electron chi connectivity index (χ1n) is 9.69. The molecule has 0 aliphatic carbocycles. The molecule has 1 aromatic carbocycles. The Morgan fingerprint density at radius 2 is 1.64 bits per heavy atom. The molecule has 1 aliphatic rings. The summed E-state index contributed by atoms with van der Waals surface area (Å²) < 4.78 is 15.4. The van der Waals surface area contributed by atoms with Gasteiger partial charge in [-0.1, -0.05) is 6.07 Å². The molecule has 5 rings (SSSR count). The summed E-state index contributed by atoms with van der Waals surface area (Å²) in [6.07, 6.45) is 8.03. The highest BCUT2D eigenvalue weighted by molar-refractivity contribution is 5.92. The Hall–Kier alpha value is -3.05. The van der Waals surface area contributed by atoms with Crippen LogP contribution in [0, 0.1) is 5.82 Å². The van der Waals surface area contributed by atoms with E-state index >= 15 is 0 Å². The van der Waals surface area contributed by atoms with Crippen LogP contribution in [0.25, 0.3) is 27.9 Å². The van der Waals surface area contributed by atoms with Gasteiger partial charge in [-0.25, -0.2) is 8.91 Å². The van der Waals surface area contributed by atoms with E-state index in [9.17, 15) is 4.39 Å². The van der Waals surface area contributed by atoms with Gasteiger partial charge in [-0.05, 0) is 85.4 Å². The van der Waals surface area contributed by atoms with Crippen molar-refractivity contribution in [1.29, 1.82) is 0 Å². The van der Waals surface area contributed by atoms with Crippen molar-refractivity contribution >= 4 is 5.52 Å². The molecule has 1 saturated heterocycles. The Kier molecular flexibility index (Phi) is 4.37. The zero-order chi connectivity index (χ0) is 18.9. The van der Waals surface area contributed by atoms with Crippen LogP contribution < -0.4 is 5.32 Å². The molecule has 0 amide bonds. The molecule has 5 heteroatoms. The molecule has 1 aliphatic heterocycles. The number of hydrogen-bond acceptors (Lipinski definition) is 3. The molecule has 28 heavy (non-hydrogen) atoms. The SMILES string of the molecule is Fc1ccc(-c2nn3cc(C4CCNCC4)ccc3c2-c2ccncc2)cc1. The molecular formula is C23H21FN4. The normalized spacial score (nSPS) is 15.2. The second-order valence-corrected chi connectivity index (χ2v) is 7.28. The molecule has 0 saturated carbocycles. The number of halogens is 1. The third-order valence-corrected chi connectivity index (χ3v) is 5.55. The number of rotatable bonds is 3. The number of pyridine rings is 2. The molecule has 140 valence electrons. The van der Waals surface area contributed by atoms with Gasteiger partial charge in [0.25, 0.3) is 0 Å². The molecule has 4 aromatic rings. The summed E-state index contributed by atoms with van der Waals surface area (Å²) in [5.41, 5.74) is 6.23. The van der Waals surface area contributed by atoms with E-state index in [0.29, 0.717) is 5.92 Å². The summed E-state index contributed by atoms with van der Waals surface area (Å²) in [7, 11) is 0. The minimum absolute atomic E-state index is 0.244. The lowest BCUT2D eigenvalue weighted by molar-refractivity contribution is 0.459. The van der Waals surface area contributed by atoms with Crippen molar-refractivity contribution in [3.05, 3.63) is 78.5 Å². The Morgan fingerprint density at radius 3 is 2.39 bits per heavy atom. The Balaban J connectivity index is 1.69. The molecular weight excluding hydrogens is 351 g/mol. The second-order valence-electron chi connectivity index (χ2n) is 7.28. The van der Waals surface area contributed by atoms with Crippen molar-refractivity contribution in [3.63, 3.8) is 0 Å². The van der Waals surface area contributed by atoms with Crippen LogP contribution in [-0.4, -0.2) is 27.7 Å². The zero-order valence-corrected chi connectivity index (χ0v) is 15.5. The fraction of sp³-hybridized carbons (Fsp3) is 0.217. The van der Waals surface area contributed by atoms with Crippen LogP contribution in [0.5, 0.6) is 0 Å². The minimum Gasteiger partial charge on any atom is -0.317 e. The molecule has 1 N–H and O–H groups in total. The van der Waals surface area contributed by atoms with E-state index in [1.54, 1.807) is 24.5 Å². The number of piperidine rings is 1. The average molecular weight is 372 g/mol. The van der Waals surface area contributed by atoms with E-state index in [1.165, 1.54) is 17.7 Å². The highest BCUT2D eigenvalue weighted by Gasteiger charge is 2.19. The fourth-order valence-corrected chi connectivity index (χ4v) is 4.07. The van der Waals surface area contributed by atoms with Crippen LogP contribution in [0.4, 0.5) is 4.39 Å². The van der Waals surface area contributed by atoms with Gasteiger partial charge in [0.05, 0.1) is 5.52 Å². The third kappa shape index (κ3) is 3.08. The van der Waals surface area contributed by atoms with Gasteiger partial charge in [0, 0.05) is 29.7 Å². The maximum absolute atomic E-state index is 13.5. The average Bonchev–Trinajstić information content (AvgIpc) is 3.14. The Morgan fingerprint density at radius 1 is 0.893 bits per heavy atom. The predicted octanol–water partition coefficient (Wildman–Crippen LogP) is 4.67. The van der Waals surface area contributed by atoms with Crippen LogP contribution >= 0.6 is 0 Å². The lowest BCUT2D eigenvalue weighted by atomic mass is 9.91. The Labute approximate surface area is 163 Å². The Bertz CT molecular complexity index is 1100. The maximum atomic E-state index is 13.5. The first-order valence-corrected chi connectivity index (χ1v) is 9.69. The molecule has 3 aromatic heterocycles. The number of hydrogen-bond donors (Lipinski definition) is 1. The van der Waals surface area contributed by atoms with E-state index in [2.05, 4.69) is 28.6 Å². The van der Waals surface area contributed by atoms with Gasteiger partial charge < -0.3 is 5.32 Å². The summed E-state index contributed by atoms with van der Waals surface area (Å²) in [5.74, 6) is 0.319. The minimum atomic E-state index is -0.244. The highest BCUT2D eigenvalue weighted by atomic mass is 19.1. The van der Waals surface area contributed by atoms with Crippen molar-refractivity contribution in [1.82, 2.24) is 19.9 Å². The molecule has 0 unspecified atom stereocenters. The lowest BCUT2D eigenvalue weighted by Crippen LogP contribution is -2.26. The molecule has 1 fully saturated rings. The van der Waals surface area contributed by atoms with Gasteiger partial charge in [0.1, 0.15) is 11.5 Å². The van der Waals surface area contributed by atoms with Crippen molar-refractivity contribution in [3.8, 4) is 22.4 Å². The summed E-state index contributed by atoms with van der Waals surface area (Å²) in [6, 6.07) is 14.9. The number of aromatic nitrogens is 3. The van der Waals surface area contributed by atoms with Gasteiger partial charge in [-0.3, -0.25) is 4.98 Å². The van der Waals surface area contributed by atoms with E-state index in [0.717, 1.165) is 53.8 Å². The quantitative estimate of drug-likeness (QED) is 0.568. The van der Waals surface area contributed by atoms with E-state index < -0.39 is 0 Å². The van der Waals surface area contributed by atoms with E-state index in [1.807, 2.05) is 16.6 Å². The van der Waals surface area contributed by atoms with Crippen LogP contribution in [0.1, 0.15) is 24.3 Å². The van der Waals surface area contributed by atoms with Gasteiger partial charge in [-0.15, -0.1) is 0 Å². The van der Waals surface area contributed by atoms with Crippen LogP contribution in [-0.2, 0) is 0 Å². The summed E-state index contributed by atoms with van der Waals surface area (Å²) in [6.45, 7) is 2.12. The predicted molar refractivity (Wildman–Crippen MR) is 109 cm³/mol. The van der Waals surface area contributed by atoms with Gasteiger partial charge in [0.2, 0.25) is 0 Å². The fourth-order valence-electron chi connectivity index (χ4n) is 4.07. The van der Waals surface area contributed by atoms with Gasteiger partial charge in [-0.2, -0.15) is 5.10 Å². The molecule has 0 radical (unpaired) electrons. The zero-order valence-electron chi connectivity index (χ0n) is 15.5. The lowest BCUT2D eigenvalue weighted by Gasteiger charge is -2.22. The highest BCUT2D eigenvalue weighted by Crippen LogP contribution is 2.36. The van der Waals surface area contributed by atoms with Gasteiger partial charge in [0.15, 0.2) is 0 Å². The molecule has 0 spiro atoms. The summed E-state index contributed by atoms with van der Waals surface area (Å²) in [4.78, 5) is 4.14. The molecule has 0 atom stereocenters. The maximum Gasteiger partial charge on any atom is 0.123 e. The summed E-state index contributed by atoms with van der Waals surface area (Å²) in [5, 5.41) is 8.33. The number of benzene rings is 1. The van der Waals surface area contributed by atoms with Crippen LogP contribution in [0.3, 0.4) is 0 Å². The smallest absolute Gasteiger partial charge is 0.123 e. The monoisotopic (exact) mass is 372 g/mol. The van der Waals surface area contributed by atoms with E-state index in [4.69, 9.17) is 5.10 Å². The molecule has 4 nitrogen and oxygen atoms in total. The first kappa shape index (κ1) is 17.1. The summed E-state index contributed by atoms with van der Waals surface area (Å²) >= 11 is 0. The second kappa shape index (κ2) is 7.17. The number of nitrogens with one attached hydrogen (secondary N) is 1. The topological polar surface area (TPSA) is 42.2 Å². The first-order chi connectivity index (χ1) is 13.8. The standard InChI is InChI=1S/C23H21FN4/c24-20-4-1-18(2-5-20)23-22(17-9-13-26-14-10-17)21-6-3-19(15-28(21)27-23)16-7-11-25-12-8-16/h1-6,9-10,13-16,25H,7-8,11-12H2. The van der Waals surface area contributed by atoms with Crippen LogP contribution in [0.15, 0.2) is 67.1 Å². The van der Waals surface area contributed by atoms with Crippen molar-refractivity contribution in [2.24, 2.45) is 0 Å². The largest absolute Gasteiger partial charge is 0.317 e. The van der Waals surface area contributed by atoms with Crippen LogP contribution in [0.2, 0.25) is 0 Å². The third-order valence-electron chi connectivity index (χ3n) is 5.55. The molecule has 4 heterocycles. The van der Waals surface area contributed by atoms with Gasteiger partial charge >= 0.3 is 0 Å². The van der Waals surface area contributed by atoms with Crippen molar-refractivity contribution in [2.75, 3.05) is 13.1 Å². The van der Waals surface area contributed by atoms with Crippen molar-refractivity contribution < 1.29 is 4.39 Å². The van der Waals surface area contributed by atoms with Crippen molar-refractivity contribution in [2.45, 2.75) is 18.8 Å². The number of fused-ring (bicyclic) bond motifs is 1. The van der Waals surface area contributed by atoms with E-state index in [-0.39, 0.29) is 5.82 Å².